The van der Waals surface area contributed by atoms with Crippen molar-refractivity contribution in [2.75, 3.05) is 32.9 Å². The highest BCUT2D eigenvalue weighted by atomic mass is 16.5. The van der Waals surface area contributed by atoms with Crippen LogP contribution in [0.1, 0.15) is 32.6 Å². The molecule has 0 bridgehead atoms. The van der Waals surface area contributed by atoms with Crippen LogP contribution in [0.4, 0.5) is 0 Å². The van der Waals surface area contributed by atoms with Crippen LogP contribution < -0.4 is 0 Å². The minimum Gasteiger partial charge on any atom is -0.395 e. The minimum atomic E-state index is -0.183. The van der Waals surface area contributed by atoms with Crippen LogP contribution in [0.3, 0.4) is 0 Å². The smallest absolute Gasteiger partial charge is 0.127 e. The van der Waals surface area contributed by atoms with Crippen molar-refractivity contribution in [3.05, 3.63) is 0 Å². The Kier molecular flexibility index (Phi) is 4.76. The molecule has 0 radical (unpaired) electrons. The van der Waals surface area contributed by atoms with Crippen molar-refractivity contribution >= 4 is 6.29 Å². The predicted octanol–water partition coefficient (Wildman–Crippen LogP) is 1.07. The number of aliphatic hydroxyl groups excluding tert-OH is 1. The van der Waals surface area contributed by atoms with E-state index in [1.165, 1.54) is 6.29 Å². The molecule has 0 aromatic rings. The van der Waals surface area contributed by atoms with Gasteiger partial charge in [-0.2, -0.15) is 0 Å². The lowest BCUT2D eigenvalue weighted by atomic mass is 9.71. The summed E-state index contributed by atoms with van der Waals surface area (Å²) in [6.07, 6.45) is 5.45. The van der Waals surface area contributed by atoms with Crippen molar-refractivity contribution in [1.82, 2.24) is 4.90 Å². The molecule has 0 spiro atoms. The monoisotopic (exact) mass is 255 g/mol. The summed E-state index contributed by atoms with van der Waals surface area (Å²) in [5.74, 6) is 0.747. The van der Waals surface area contributed by atoms with Crippen molar-refractivity contribution in [2.45, 2.75) is 38.6 Å². The zero-order chi connectivity index (χ0) is 13.0. The van der Waals surface area contributed by atoms with E-state index in [0.717, 1.165) is 44.7 Å². The number of carbonyl (C=O) groups is 1. The molecule has 18 heavy (non-hydrogen) atoms. The first kappa shape index (κ1) is 14.0. The summed E-state index contributed by atoms with van der Waals surface area (Å²) in [5, 5.41) is 9.38. The molecule has 0 aromatic carbocycles. The van der Waals surface area contributed by atoms with E-state index in [4.69, 9.17) is 4.74 Å². The Bertz CT molecular complexity index is 274. The topological polar surface area (TPSA) is 49.8 Å². The van der Waals surface area contributed by atoms with Gasteiger partial charge in [0.2, 0.25) is 0 Å². The third-order valence-electron chi connectivity index (χ3n) is 4.60. The van der Waals surface area contributed by atoms with Gasteiger partial charge in [-0.3, -0.25) is 4.90 Å². The van der Waals surface area contributed by atoms with Crippen molar-refractivity contribution < 1.29 is 14.6 Å². The Morgan fingerprint density at radius 3 is 2.78 bits per heavy atom. The minimum absolute atomic E-state index is 0.0647. The van der Waals surface area contributed by atoms with Gasteiger partial charge in [0, 0.05) is 18.5 Å². The van der Waals surface area contributed by atoms with Crippen molar-refractivity contribution in [1.29, 1.82) is 0 Å². The molecule has 1 atom stereocenters. The van der Waals surface area contributed by atoms with E-state index in [-0.39, 0.29) is 18.1 Å². The summed E-state index contributed by atoms with van der Waals surface area (Å²) < 4.78 is 5.39. The third kappa shape index (κ3) is 3.11. The van der Waals surface area contributed by atoms with Gasteiger partial charge >= 0.3 is 0 Å². The summed E-state index contributed by atoms with van der Waals surface area (Å²) >= 11 is 0. The molecule has 1 saturated heterocycles. The molecular weight excluding hydrogens is 230 g/mol. The highest BCUT2D eigenvalue weighted by Crippen LogP contribution is 2.38. The maximum Gasteiger partial charge on any atom is 0.127 e. The van der Waals surface area contributed by atoms with E-state index in [2.05, 4.69) is 11.8 Å². The first-order valence-corrected chi connectivity index (χ1v) is 7.08. The SMILES string of the molecule is CC1CCC(C=O)(CN2CCOCC2CO)CC1. The lowest BCUT2D eigenvalue weighted by Crippen LogP contribution is -2.52. The molecule has 1 aliphatic heterocycles. The second kappa shape index (κ2) is 6.13. The van der Waals surface area contributed by atoms with Gasteiger partial charge in [-0.25, -0.2) is 0 Å². The predicted molar refractivity (Wildman–Crippen MR) is 69.4 cm³/mol. The van der Waals surface area contributed by atoms with Crippen molar-refractivity contribution in [2.24, 2.45) is 11.3 Å². The fourth-order valence-corrected chi connectivity index (χ4v) is 3.12. The number of nitrogens with zero attached hydrogens (tertiary/aromatic N) is 1. The molecule has 2 rings (SSSR count). The number of carbonyl (C=O) groups excluding carboxylic acids is 1. The van der Waals surface area contributed by atoms with Crippen LogP contribution in [0.15, 0.2) is 0 Å². The van der Waals surface area contributed by atoms with Gasteiger partial charge in [0.1, 0.15) is 6.29 Å². The molecular formula is C14H25NO3. The zero-order valence-electron chi connectivity index (χ0n) is 11.3. The molecule has 2 aliphatic rings. The van der Waals surface area contributed by atoms with E-state index in [1.54, 1.807) is 0 Å². The molecule has 1 saturated carbocycles. The van der Waals surface area contributed by atoms with E-state index < -0.39 is 0 Å². The van der Waals surface area contributed by atoms with Crippen LogP contribution >= 0.6 is 0 Å². The number of hydrogen-bond donors (Lipinski definition) is 1. The van der Waals surface area contributed by atoms with Gasteiger partial charge in [0.05, 0.1) is 25.9 Å². The quantitative estimate of drug-likeness (QED) is 0.764. The number of aldehydes is 1. The Balaban J connectivity index is 1.98. The maximum absolute atomic E-state index is 11.5. The largest absolute Gasteiger partial charge is 0.395 e. The number of hydrogen-bond acceptors (Lipinski definition) is 4. The fraction of sp³-hybridized carbons (Fsp3) is 0.929. The molecule has 104 valence electrons. The van der Waals surface area contributed by atoms with Crippen molar-refractivity contribution in [3.63, 3.8) is 0 Å². The van der Waals surface area contributed by atoms with Crippen LogP contribution in [0.5, 0.6) is 0 Å². The fourth-order valence-electron chi connectivity index (χ4n) is 3.12. The number of rotatable bonds is 4. The van der Waals surface area contributed by atoms with Gasteiger partial charge in [0.25, 0.3) is 0 Å². The highest BCUT2D eigenvalue weighted by Gasteiger charge is 2.37. The Hall–Kier alpha value is -0.450. The summed E-state index contributed by atoms with van der Waals surface area (Å²) in [4.78, 5) is 13.8. The van der Waals surface area contributed by atoms with E-state index in [9.17, 15) is 9.90 Å². The summed E-state index contributed by atoms with van der Waals surface area (Å²) in [6.45, 7) is 5.29. The van der Waals surface area contributed by atoms with E-state index in [1.807, 2.05) is 0 Å². The molecule has 4 heteroatoms. The van der Waals surface area contributed by atoms with E-state index in [0.29, 0.717) is 13.2 Å². The third-order valence-corrected chi connectivity index (χ3v) is 4.60. The maximum atomic E-state index is 11.5. The molecule has 0 aromatic heterocycles. The van der Waals surface area contributed by atoms with Crippen molar-refractivity contribution in [3.8, 4) is 0 Å². The van der Waals surface area contributed by atoms with Crippen LogP contribution in [0.25, 0.3) is 0 Å². The average molecular weight is 255 g/mol. The molecule has 2 fully saturated rings. The highest BCUT2D eigenvalue weighted by molar-refractivity contribution is 5.60. The van der Waals surface area contributed by atoms with Crippen LogP contribution in [-0.2, 0) is 9.53 Å². The Morgan fingerprint density at radius 2 is 2.17 bits per heavy atom. The Labute approximate surface area is 109 Å². The van der Waals surface area contributed by atoms with Gasteiger partial charge < -0.3 is 14.6 Å². The van der Waals surface area contributed by atoms with Crippen LogP contribution in [0.2, 0.25) is 0 Å². The Morgan fingerprint density at radius 1 is 1.44 bits per heavy atom. The normalized spacial score (nSPS) is 38.6. The van der Waals surface area contributed by atoms with Crippen LogP contribution in [-0.4, -0.2) is 55.2 Å². The van der Waals surface area contributed by atoms with Gasteiger partial charge in [-0.1, -0.05) is 6.92 Å². The molecule has 1 unspecified atom stereocenters. The second-order valence-corrected chi connectivity index (χ2v) is 6.04. The summed E-state index contributed by atoms with van der Waals surface area (Å²) in [6, 6.07) is 0.0647. The zero-order valence-corrected chi connectivity index (χ0v) is 11.3. The average Bonchev–Trinajstić information content (AvgIpc) is 2.42. The van der Waals surface area contributed by atoms with Gasteiger partial charge in [-0.15, -0.1) is 0 Å². The number of morpholine rings is 1. The van der Waals surface area contributed by atoms with E-state index >= 15 is 0 Å². The molecule has 1 heterocycles. The summed E-state index contributed by atoms with van der Waals surface area (Å²) in [7, 11) is 0. The molecule has 0 amide bonds. The van der Waals surface area contributed by atoms with Gasteiger partial charge in [-0.05, 0) is 31.6 Å². The first-order chi connectivity index (χ1) is 8.69. The molecule has 4 nitrogen and oxygen atoms in total. The lowest BCUT2D eigenvalue weighted by Gasteiger charge is -2.42. The second-order valence-electron chi connectivity index (χ2n) is 6.04. The number of ether oxygens (including phenoxy) is 1. The summed E-state index contributed by atoms with van der Waals surface area (Å²) in [5.41, 5.74) is -0.183. The van der Waals surface area contributed by atoms with Gasteiger partial charge in [0.15, 0.2) is 0 Å². The number of aliphatic hydroxyl groups is 1. The molecule has 1 N–H and O–H groups in total. The first-order valence-electron chi connectivity index (χ1n) is 7.08. The molecule has 1 aliphatic carbocycles. The lowest BCUT2D eigenvalue weighted by molar-refractivity contribution is -0.122. The van der Waals surface area contributed by atoms with Crippen LogP contribution in [0, 0.1) is 11.3 Å². The standard InChI is InChI=1S/C14H25NO3/c1-12-2-4-14(11-17,5-3-12)10-15-6-7-18-9-13(15)8-16/h11-13,16H,2-10H2,1H3.